The van der Waals surface area contributed by atoms with Gasteiger partial charge in [0.15, 0.2) is 0 Å². The van der Waals surface area contributed by atoms with Crippen LogP contribution in [0, 0.1) is 5.92 Å². The number of rotatable bonds is 3. The number of halogens is 1. The lowest BCUT2D eigenvalue weighted by molar-refractivity contribution is -0.135. The molecule has 0 radical (unpaired) electrons. The topological polar surface area (TPSA) is 44.4 Å². The van der Waals surface area contributed by atoms with Crippen LogP contribution in [0.3, 0.4) is 0 Å². The molecule has 2 saturated heterocycles. The number of hydrogen-bond donors (Lipinski definition) is 2. The molecule has 0 spiro atoms. The van der Waals surface area contributed by atoms with Crippen LogP contribution in [0.5, 0.6) is 0 Å². The van der Waals surface area contributed by atoms with Gasteiger partial charge in [-0.25, -0.2) is 0 Å². The minimum Gasteiger partial charge on any atom is -0.333 e. The Bertz CT molecular complexity index is 516. The van der Waals surface area contributed by atoms with Crippen LogP contribution in [-0.4, -0.2) is 43.5 Å². The van der Waals surface area contributed by atoms with Crippen molar-refractivity contribution < 1.29 is 4.79 Å². The predicted octanol–water partition coefficient (Wildman–Crippen LogP) is 2.20. The molecule has 2 aliphatic heterocycles. The number of benzene rings is 1. The molecule has 22 heavy (non-hydrogen) atoms. The van der Waals surface area contributed by atoms with Gasteiger partial charge in [-0.2, -0.15) is 0 Å². The van der Waals surface area contributed by atoms with Crippen LogP contribution in [0.2, 0.25) is 5.02 Å². The van der Waals surface area contributed by atoms with Crippen LogP contribution >= 0.6 is 11.6 Å². The van der Waals surface area contributed by atoms with E-state index in [1.807, 2.05) is 23.1 Å². The second-order valence-electron chi connectivity index (χ2n) is 6.26. The van der Waals surface area contributed by atoms with Crippen molar-refractivity contribution in [2.75, 3.05) is 32.7 Å². The molecule has 1 unspecified atom stereocenters. The van der Waals surface area contributed by atoms with Crippen molar-refractivity contribution in [2.45, 2.75) is 25.3 Å². The summed E-state index contributed by atoms with van der Waals surface area (Å²) in [6.45, 7) is 4.53. The third-order valence-electron chi connectivity index (χ3n) is 4.72. The molecule has 2 heterocycles. The van der Waals surface area contributed by atoms with Crippen molar-refractivity contribution in [1.82, 2.24) is 15.5 Å². The van der Waals surface area contributed by atoms with E-state index in [2.05, 4.69) is 16.7 Å². The first kappa shape index (κ1) is 15.8. The van der Waals surface area contributed by atoms with E-state index in [0.717, 1.165) is 56.2 Å². The summed E-state index contributed by atoms with van der Waals surface area (Å²) in [5.41, 5.74) is 1.12. The fourth-order valence-corrected chi connectivity index (χ4v) is 3.66. The standard InChI is InChI=1S/C17H24ClN3O/c18-15-3-1-2-14(11-15)16-12-20-8-9-21(16)17(22)10-13-4-6-19-7-5-13/h1-3,11,13,16,19-20H,4-10,12H2. The molecule has 3 rings (SSSR count). The van der Waals surface area contributed by atoms with Crippen molar-refractivity contribution in [1.29, 1.82) is 0 Å². The highest BCUT2D eigenvalue weighted by molar-refractivity contribution is 6.30. The van der Waals surface area contributed by atoms with Crippen LogP contribution < -0.4 is 10.6 Å². The van der Waals surface area contributed by atoms with Crippen molar-refractivity contribution in [2.24, 2.45) is 5.92 Å². The zero-order valence-corrected chi connectivity index (χ0v) is 13.6. The van der Waals surface area contributed by atoms with Gasteiger partial charge in [-0.05, 0) is 49.5 Å². The van der Waals surface area contributed by atoms with Crippen LogP contribution in [0.1, 0.15) is 30.9 Å². The highest BCUT2D eigenvalue weighted by Crippen LogP contribution is 2.27. The summed E-state index contributed by atoms with van der Waals surface area (Å²) >= 11 is 6.12. The van der Waals surface area contributed by atoms with E-state index in [0.29, 0.717) is 18.2 Å². The lowest BCUT2D eigenvalue weighted by atomic mass is 9.93. The lowest BCUT2D eigenvalue weighted by Crippen LogP contribution is -2.49. The van der Waals surface area contributed by atoms with Gasteiger partial charge in [0, 0.05) is 31.1 Å². The molecule has 0 aliphatic carbocycles. The van der Waals surface area contributed by atoms with Gasteiger partial charge in [0.1, 0.15) is 0 Å². The Morgan fingerprint density at radius 1 is 1.23 bits per heavy atom. The first-order chi connectivity index (χ1) is 10.7. The summed E-state index contributed by atoms with van der Waals surface area (Å²) in [6.07, 6.45) is 2.90. The number of carbonyl (C=O) groups excluding carboxylic acids is 1. The fourth-order valence-electron chi connectivity index (χ4n) is 3.46. The molecule has 5 heteroatoms. The number of piperidine rings is 1. The summed E-state index contributed by atoms with van der Waals surface area (Å²) < 4.78 is 0. The first-order valence-electron chi connectivity index (χ1n) is 8.20. The van der Waals surface area contributed by atoms with Crippen molar-refractivity contribution in [3.8, 4) is 0 Å². The molecular formula is C17H24ClN3O. The third kappa shape index (κ3) is 3.80. The van der Waals surface area contributed by atoms with E-state index >= 15 is 0 Å². The molecule has 1 aromatic carbocycles. The Labute approximate surface area is 137 Å². The first-order valence-corrected chi connectivity index (χ1v) is 8.58. The number of amides is 1. The summed E-state index contributed by atoms with van der Waals surface area (Å²) in [5, 5.41) is 7.48. The van der Waals surface area contributed by atoms with E-state index in [-0.39, 0.29) is 6.04 Å². The third-order valence-corrected chi connectivity index (χ3v) is 4.95. The minimum atomic E-state index is 0.0988. The number of piperazine rings is 1. The fraction of sp³-hybridized carbons (Fsp3) is 0.588. The second-order valence-corrected chi connectivity index (χ2v) is 6.70. The molecule has 2 N–H and O–H groups in total. The highest BCUT2D eigenvalue weighted by atomic mass is 35.5. The number of nitrogens with one attached hydrogen (secondary N) is 2. The van der Waals surface area contributed by atoms with Crippen LogP contribution in [0.15, 0.2) is 24.3 Å². The van der Waals surface area contributed by atoms with Gasteiger partial charge in [0.2, 0.25) is 5.91 Å². The molecule has 0 saturated carbocycles. The SMILES string of the molecule is O=C(CC1CCNCC1)N1CCNCC1c1cccc(Cl)c1. The summed E-state index contributed by atoms with van der Waals surface area (Å²) in [5.74, 6) is 0.821. The molecule has 1 aromatic rings. The molecule has 120 valence electrons. The van der Waals surface area contributed by atoms with E-state index in [9.17, 15) is 4.79 Å². The molecule has 1 amide bonds. The molecule has 4 nitrogen and oxygen atoms in total. The van der Waals surface area contributed by atoms with Crippen LogP contribution in [-0.2, 0) is 4.79 Å². The van der Waals surface area contributed by atoms with Gasteiger partial charge in [0.25, 0.3) is 0 Å². The van der Waals surface area contributed by atoms with Gasteiger partial charge >= 0.3 is 0 Å². The quantitative estimate of drug-likeness (QED) is 0.897. The van der Waals surface area contributed by atoms with Crippen molar-refractivity contribution >= 4 is 17.5 Å². The van der Waals surface area contributed by atoms with Gasteiger partial charge in [-0.15, -0.1) is 0 Å². The second kappa shape index (κ2) is 7.44. The largest absolute Gasteiger partial charge is 0.333 e. The number of nitrogens with zero attached hydrogens (tertiary/aromatic N) is 1. The van der Waals surface area contributed by atoms with E-state index in [4.69, 9.17) is 11.6 Å². The molecule has 2 fully saturated rings. The number of carbonyl (C=O) groups is 1. The highest BCUT2D eigenvalue weighted by Gasteiger charge is 2.29. The maximum Gasteiger partial charge on any atom is 0.223 e. The Hall–Kier alpha value is -1.10. The smallest absolute Gasteiger partial charge is 0.223 e. The Balaban J connectivity index is 1.70. The Morgan fingerprint density at radius 2 is 2.05 bits per heavy atom. The average Bonchev–Trinajstić information content (AvgIpc) is 2.56. The monoisotopic (exact) mass is 321 g/mol. The van der Waals surface area contributed by atoms with Gasteiger partial charge in [-0.1, -0.05) is 23.7 Å². The maximum atomic E-state index is 12.8. The molecule has 0 bridgehead atoms. The van der Waals surface area contributed by atoms with Crippen LogP contribution in [0.4, 0.5) is 0 Å². The Kier molecular flexibility index (Phi) is 5.34. The predicted molar refractivity (Wildman–Crippen MR) is 89.0 cm³/mol. The lowest BCUT2D eigenvalue weighted by Gasteiger charge is -2.37. The minimum absolute atomic E-state index is 0.0988. The molecule has 1 atom stereocenters. The average molecular weight is 322 g/mol. The van der Waals surface area contributed by atoms with E-state index < -0.39 is 0 Å². The summed E-state index contributed by atoms with van der Waals surface area (Å²) in [6, 6.07) is 7.98. The van der Waals surface area contributed by atoms with Crippen LogP contribution in [0.25, 0.3) is 0 Å². The maximum absolute atomic E-state index is 12.8. The van der Waals surface area contributed by atoms with E-state index in [1.54, 1.807) is 0 Å². The molecule has 0 aromatic heterocycles. The molecule has 2 aliphatic rings. The van der Waals surface area contributed by atoms with Gasteiger partial charge < -0.3 is 15.5 Å². The van der Waals surface area contributed by atoms with Gasteiger partial charge in [0.05, 0.1) is 6.04 Å². The van der Waals surface area contributed by atoms with Gasteiger partial charge in [-0.3, -0.25) is 4.79 Å². The molecular weight excluding hydrogens is 298 g/mol. The normalized spacial score (nSPS) is 23.5. The Morgan fingerprint density at radius 3 is 2.82 bits per heavy atom. The summed E-state index contributed by atoms with van der Waals surface area (Å²) in [4.78, 5) is 14.8. The number of hydrogen-bond acceptors (Lipinski definition) is 3. The zero-order valence-electron chi connectivity index (χ0n) is 12.9. The van der Waals surface area contributed by atoms with Crippen molar-refractivity contribution in [3.05, 3.63) is 34.9 Å². The van der Waals surface area contributed by atoms with E-state index in [1.165, 1.54) is 0 Å². The zero-order chi connectivity index (χ0) is 15.4. The van der Waals surface area contributed by atoms with Crippen molar-refractivity contribution in [3.63, 3.8) is 0 Å². The summed E-state index contributed by atoms with van der Waals surface area (Å²) in [7, 11) is 0.